The molecule has 0 atom stereocenters. The van der Waals surface area contributed by atoms with Gasteiger partial charge in [0.2, 0.25) is 0 Å². The molecule has 0 saturated carbocycles. The molecule has 0 unspecified atom stereocenters. The van der Waals surface area contributed by atoms with Crippen molar-refractivity contribution < 1.29 is 0 Å². The third-order valence-electron chi connectivity index (χ3n) is 2.75. The largest absolute Gasteiger partial charge is 0.254 e. The molecule has 0 amide bonds. The minimum absolute atomic E-state index is 0.962. The second-order valence-electron chi connectivity index (χ2n) is 3.81. The van der Waals surface area contributed by atoms with Gasteiger partial charge in [0.1, 0.15) is 0 Å². The number of benzene rings is 1. The molecule has 0 radical (unpaired) electrons. The third-order valence-corrected chi connectivity index (χ3v) is 3.18. The van der Waals surface area contributed by atoms with Gasteiger partial charge in [-0.15, -0.1) is 0 Å². The molecule has 3 aromatic rings. The molecule has 3 heteroatoms. The zero-order valence-corrected chi connectivity index (χ0v) is 10.3. The van der Waals surface area contributed by atoms with E-state index in [1.807, 2.05) is 18.5 Å². The molecule has 0 aliphatic rings. The van der Waals surface area contributed by atoms with E-state index in [0.29, 0.717) is 0 Å². The Labute approximate surface area is 101 Å². The Morgan fingerprint density at radius 1 is 1.06 bits per heavy atom. The molecule has 0 saturated heterocycles. The fraction of sp³-hybridized carbons (Fsp3) is 0.0769. The number of fused-ring (bicyclic) bond motifs is 3. The summed E-state index contributed by atoms with van der Waals surface area (Å²) in [6.07, 6.45) is 3.65. The first-order chi connectivity index (χ1) is 7.75. The van der Waals surface area contributed by atoms with E-state index in [-0.39, 0.29) is 0 Å². The Hall–Kier alpha value is -1.48. The molecule has 1 aromatic carbocycles. The van der Waals surface area contributed by atoms with Crippen LogP contribution in [0.1, 0.15) is 5.56 Å². The average Bonchev–Trinajstić information content (AvgIpc) is 2.28. The first-order valence-corrected chi connectivity index (χ1v) is 5.84. The highest BCUT2D eigenvalue weighted by atomic mass is 79.9. The number of aromatic nitrogens is 2. The molecule has 2 heterocycles. The summed E-state index contributed by atoms with van der Waals surface area (Å²) in [6.45, 7) is 2.09. The lowest BCUT2D eigenvalue weighted by Crippen LogP contribution is -1.87. The zero-order valence-electron chi connectivity index (χ0n) is 8.74. The zero-order chi connectivity index (χ0) is 11.1. The van der Waals surface area contributed by atoms with E-state index in [9.17, 15) is 0 Å². The minimum Gasteiger partial charge on any atom is -0.254 e. The Kier molecular flexibility index (Phi) is 2.14. The van der Waals surface area contributed by atoms with Gasteiger partial charge < -0.3 is 0 Å². The Balaban J connectivity index is 2.55. The number of nitrogens with zero attached hydrogens (tertiary/aromatic N) is 2. The van der Waals surface area contributed by atoms with Crippen molar-refractivity contribution in [2.24, 2.45) is 0 Å². The molecule has 16 heavy (non-hydrogen) atoms. The van der Waals surface area contributed by atoms with Crippen LogP contribution in [-0.2, 0) is 0 Å². The van der Waals surface area contributed by atoms with Gasteiger partial charge in [0.05, 0.1) is 11.0 Å². The summed E-state index contributed by atoms with van der Waals surface area (Å²) >= 11 is 3.43. The van der Waals surface area contributed by atoms with Crippen LogP contribution >= 0.6 is 15.9 Å². The number of pyridine rings is 2. The maximum atomic E-state index is 4.44. The highest BCUT2D eigenvalue weighted by Gasteiger charge is 2.04. The number of hydrogen-bond donors (Lipinski definition) is 0. The molecule has 2 nitrogen and oxygen atoms in total. The predicted octanol–water partition coefficient (Wildman–Crippen LogP) is 3.85. The van der Waals surface area contributed by atoms with Crippen molar-refractivity contribution in [2.45, 2.75) is 6.92 Å². The number of rotatable bonds is 0. The summed E-state index contributed by atoms with van der Waals surface area (Å²) in [6, 6.07) is 8.27. The molecule has 0 aliphatic heterocycles. The minimum atomic E-state index is 0.962. The second-order valence-corrected chi connectivity index (χ2v) is 4.73. The summed E-state index contributed by atoms with van der Waals surface area (Å²) in [7, 11) is 0. The molecule has 0 spiro atoms. The van der Waals surface area contributed by atoms with Crippen LogP contribution in [0.4, 0.5) is 0 Å². The fourth-order valence-corrected chi connectivity index (χ4v) is 2.27. The van der Waals surface area contributed by atoms with Crippen LogP contribution in [-0.4, -0.2) is 9.97 Å². The fourth-order valence-electron chi connectivity index (χ4n) is 1.92. The lowest BCUT2D eigenvalue weighted by atomic mass is 10.1. The second kappa shape index (κ2) is 3.52. The van der Waals surface area contributed by atoms with Crippen LogP contribution in [0.3, 0.4) is 0 Å². The van der Waals surface area contributed by atoms with Gasteiger partial charge >= 0.3 is 0 Å². The normalized spacial score (nSPS) is 11.1. The lowest BCUT2D eigenvalue weighted by molar-refractivity contribution is 1.34. The highest BCUT2D eigenvalue weighted by molar-refractivity contribution is 9.10. The average molecular weight is 273 g/mol. The smallest absolute Gasteiger partial charge is 0.0967 e. The summed E-state index contributed by atoms with van der Waals surface area (Å²) < 4.78 is 0.993. The van der Waals surface area contributed by atoms with Gasteiger partial charge in [0, 0.05) is 27.6 Å². The SMILES string of the molecule is Cc1ccnc2c1ccc1cc(Br)cnc12. The standard InChI is InChI=1S/C13H9BrN2/c1-8-4-5-15-13-11(8)3-2-9-6-10(14)7-16-12(9)13/h2-7H,1H3. The number of aryl methyl sites for hydroxylation is 1. The van der Waals surface area contributed by atoms with Crippen LogP contribution < -0.4 is 0 Å². The summed E-state index contributed by atoms with van der Waals surface area (Å²) in [5.41, 5.74) is 3.17. The quantitative estimate of drug-likeness (QED) is 0.581. The van der Waals surface area contributed by atoms with Crippen molar-refractivity contribution in [3.63, 3.8) is 0 Å². The van der Waals surface area contributed by atoms with Crippen molar-refractivity contribution in [2.75, 3.05) is 0 Å². The van der Waals surface area contributed by atoms with Crippen LogP contribution in [0.25, 0.3) is 21.8 Å². The molecular weight excluding hydrogens is 264 g/mol. The molecule has 3 rings (SSSR count). The van der Waals surface area contributed by atoms with Crippen LogP contribution in [0, 0.1) is 6.92 Å². The summed E-state index contributed by atoms with van der Waals surface area (Å²) in [5.74, 6) is 0. The first-order valence-electron chi connectivity index (χ1n) is 5.05. The van der Waals surface area contributed by atoms with Gasteiger partial charge in [-0.3, -0.25) is 9.97 Å². The summed E-state index contributed by atoms with van der Waals surface area (Å²) in [5, 5.41) is 2.28. The van der Waals surface area contributed by atoms with E-state index >= 15 is 0 Å². The Bertz CT molecular complexity index is 692. The van der Waals surface area contributed by atoms with E-state index in [1.165, 1.54) is 10.9 Å². The molecule has 0 fully saturated rings. The van der Waals surface area contributed by atoms with Gasteiger partial charge in [-0.05, 0) is 40.5 Å². The van der Waals surface area contributed by atoms with E-state index in [0.717, 1.165) is 20.9 Å². The number of halogens is 1. The van der Waals surface area contributed by atoms with E-state index in [4.69, 9.17) is 0 Å². The van der Waals surface area contributed by atoms with E-state index < -0.39 is 0 Å². The number of hydrogen-bond acceptors (Lipinski definition) is 2. The van der Waals surface area contributed by atoms with Crippen molar-refractivity contribution in [3.8, 4) is 0 Å². The van der Waals surface area contributed by atoms with Gasteiger partial charge in [0.15, 0.2) is 0 Å². The molecular formula is C13H9BrN2. The molecule has 78 valence electrons. The van der Waals surface area contributed by atoms with Gasteiger partial charge in [0.25, 0.3) is 0 Å². The summed E-state index contributed by atoms with van der Waals surface area (Å²) in [4.78, 5) is 8.86. The van der Waals surface area contributed by atoms with E-state index in [1.54, 1.807) is 0 Å². The van der Waals surface area contributed by atoms with Crippen molar-refractivity contribution in [1.29, 1.82) is 0 Å². The molecule has 0 aliphatic carbocycles. The Morgan fingerprint density at radius 2 is 1.94 bits per heavy atom. The van der Waals surface area contributed by atoms with Gasteiger partial charge in [-0.2, -0.15) is 0 Å². The topological polar surface area (TPSA) is 25.8 Å². The van der Waals surface area contributed by atoms with Gasteiger partial charge in [-0.25, -0.2) is 0 Å². The maximum Gasteiger partial charge on any atom is 0.0967 e. The maximum absolute atomic E-state index is 4.44. The van der Waals surface area contributed by atoms with Crippen LogP contribution in [0.15, 0.2) is 41.1 Å². The van der Waals surface area contributed by atoms with Crippen molar-refractivity contribution >= 4 is 37.7 Å². The highest BCUT2D eigenvalue weighted by Crippen LogP contribution is 2.25. The van der Waals surface area contributed by atoms with Gasteiger partial charge in [-0.1, -0.05) is 12.1 Å². The first kappa shape index (κ1) is 9.73. The van der Waals surface area contributed by atoms with Crippen LogP contribution in [0.2, 0.25) is 0 Å². The molecule has 2 aromatic heterocycles. The lowest BCUT2D eigenvalue weighted by Gasteiger charge is -2.04. The van der Waals surface area contributed by atoms with Crippen LogP contribution in [0.5, 0.6) is 0 Å². The molecule has 0 N–H and O–H groups in total. The molecule has 0 bridgehead atoms. The Morgan fingerprint density at radius 3 is 2.81 bits per heavy atom. The monoisotopic (exact) mass is 272 g/mol. The van der Waals surface area contributed by atoms with Crippen molar-refractivity contribution in [3.05, 3.63) is 46.7 Å². The van der Waals surface area contributed by atoms with Crippen molar-refractivity contribution in [1.82, 2.24) is 9.97 Å². The predicted molar refractivity (Wildman–Crippen MR) is 69.5 cm³/mol. The van der Waals surface area contributed by atoms with E-state index in [2.05, 4.69) is 51.0 Å². The third kappa shape index (κ3) is 1.39.